The van der Waals surface area contributed by atoms with Gasteiger partial charge >= 0.3 is 13.1 Å². The summed E-state index contributed by atoms with van der Waals surface area (Å²) < 4.78 is 69.7. The molecule has 6 rings (SSSR count). The number of nitrogens with one attached hydrogen (secondary N) is 3. The minimum Gasteiger partial charge on any atom is -0.493 e. The van der Waals surface area contributed by atoms with E-state index in [4.69, 9.17) is 29.5 Å². The van der Waals surface area contributed by atoms with Crippen LogP contribution < -0.4 is 25.4 Å². The Bertz CT molecular complexity index is 3140. The summed E-state index contributed by atoms with van der Waals surface area (Å²) in [6, 6.07) is 10.7. The molecule has 3 aromatic rings. The monoisotopic (exact) mass is 1320 g/mol. The molecule has 500 valence electrons. The fourth-order valence-electron chi connectivity index (χ4n) is 10.7. The SMILES string of the molecule is COc1cc(C(C)OC(=O)OC2C(=O)CCC2=O)c([N+](=O)[O-])cc1OCCN(C)CCNC(=O)C(CCCC[N+](C)(C)C)NC(=O)C(CSOOO)NC(=O)CCC1=[N+]2C(=Cc3c(CCC[N+](C)(C)C)cc(-c4ccccc4)n3[B-]2(F)F)C(CCCSOOO)=C1. The molecule has 2 aliphatic heterocycles. The van der Waals surface area contributed by atoms with Crippen LogP contribution >= 0.6 is 24.1 Å². The van der Waals surface area contributed by atoms with E-state index in [0.29, 0.717) is 87.1 Å². The van der Waals surface area contributed by atoms with Gasteiger partial charge in [0.05, 0.1) is 84.8 Å². The quantitative estimate of drug-likeness (QED) is 0.00448. The van der Waals surface area contributed by atoms with Crippen LogP contribution in [0.25, 0.3) is 17.3 Å². The first-order valence-electron chi connectivity index (χ1n) is 29.8. The molecule has 0 radical (unpaired) electrons. The Morgan fingerprint density at radius 1 is 0.857 bits per heavy atom. The van der Waals surface area contributed by atoms with Crippen LogP contribution in [0.1, 0.15) is 94.1 Å². The predicted molar refractivity (Wildman–Crippen MR) is 334 cm³/mol. The maximum atomic E-state index is 17.8. The van der Waals surface area contributed by atoms with Gasteiger partial charge in [-0.05, 0) is 75.8 Å². The number of amides is 3. The van der Waals surface area contributed by atoms with Gasteiger partial charge in [0.25, 0.3) is 5.69 Å². The standard InChI is InChI=1S/C59H82BF2N9O18S2/c1-39(84-59(77)85-56-51(72)23-24-52(56)73)44-35-53(82-9)54(37-50(44)69(78)79)83-31-28-66(2)27-26-63-57(75)45(21-13-14-29-70(3,4)5)65-58(76)46(38-91-89-87-81)64-55(74)25-22-43-33-41(20-16-32-90-88-86-80)48-36-49-42(19-15-30-71(6,7)8)34-47(40-17-11-10-12-18-40)68(49)60(61,62)67(43)48/h10-12,17-18,33-37,39,45-46,56H,13-16,19-32,38H2,1-9H3,(H3-2,63,64,65,74,75,76,80,81)/p+2. The number of aryl methyl sites for hydroxylation is 1. The van der Waals surface area contributed by atoms with Crippen LogP contribution in [-0.2, 0) is 58.6 Å². The third-order valence-corrected chi connectivity index (χ3v) is 16.6. The number of nitrogens with zero attached hydrogens (tertiary/aromatic N) is 6. The average molecular weight is 1320 g/mol. The van der Waals surface area contributed by atoms with Gasteiger partial charge in [-0.25, -0.2) is 15.3 Å². The molecule has 0 spiro atoms. The van der Waals surface area contributed by atoms with Gasteiger partial charge < -0.3 is 66.4 Å². The Kier molecular flexibility index (Phi) is 27.5. The van der Waals surface area contributed by atoms with Crippen LogP contribution in [0.2, 0.25) is 0 Å². The highest BCUT2D eigenvalue weighted by molar-refractivity contribution is 7.94. The molecule has 3 amide bonds. The van der Waals surface area contributed by atoms with Crippen LogP contribution in [0.15, 0.2) is 65.9 Å². The molecule has 1 aliphatic carbocycles. The Balaban J connectivity index is 1.12. The van der Waals surface area contributed by atoms with Crippen molar-refractivity contribution in [3.8, 4) is 22.8 Å². The highest BCUT2D eigenvalue weighted by atomic mass is 32.2. The van der Waals surface area contributed by atoms with Gasteiger partial charge in [-0.15, -0.1) is 8.67 Å². The molecule has 3 atom stereocenters. The van der Waals surface area contributed by atoms with Crippen molar-refractivity contribution >= 4 is 84.0 Å². The van der Waals surface area contributed by atoms with E-state index in [2.05, 4.69) is 55.8 Å². The van der Waals surface area contributed by atoms with Crippen molar-refractivity contribution in [2.24, 2.45) is 0 Å². The molecule has 27 nitrogen and oxygen atoms in total. The smallest absolute Gasteiger partial charge is 0.493 e. The number of halogens is 2. The van der Waals surface area contributed by atoms with Crippen molar-refractivity contribution in [2.45, 2.75) is 102 Å². The molecule has 3 aliphatic rings. The van der Waals surface area contributed by atoms with Crippen molar-refractivity contribution in [2.75, 3.05) is 107 Å². The summed E-state index contributed by atoms with van der Waals surface area (Å²) in [4.78, 5) is 92.0. The van der Waals surface area contributed by atoms with Crippen molar-refractivity contribution in [3.63, 3.8) is 0 Å². The van der Waals surface area contributed by atoms with Crippen LogP contribution in [0.4, 0.5) is 19.1 Å². The predicted octanol–water partition coefficient (Wildman–Crippen LogP) is 6.87. The number of Topliss-reactive ketones (excluding diaryl/α,β-unsaturated/α-hetero) is 2. The summed E-state index contributed by atoms with van der Waals surface area (Å²) >= 11 is 1.34. The maximum absolute atomic E-state index is 17.8. The summed E-state index contributed by atoms with van der Waals surface area (Å²) in [6.07, 6.45) is 2.06. The Morgan fingerprint density at radius 2 is 1.54 bits per heavy atom. The van der Waals surface area contributed by atoms with Gasteiger partial charge in [0, 0.05) is 111 Å². The van der Waals surface area contributed by atoms with E-state index in [1.165, 1.54) is 20.1 Å². The number of ketones is 2. The number of methoxy groups -OCH3 is 1. The number of allylic oxidation sites excluding steroid dienone is 2. The fraction of sp³-hybridized carbons (Fsp3) is 0.542. The summed E-state index contributed by atoms with van der Waals surface area (Å²) in [7, 11) is 15.3. The van der Waals surface area contributed by atoms with E-state index in [0.717, 1.165) is 52.1 Å². The van der Waals surface area contributed by atoms with E-state index in [9.17, 15) is 38.9 Å². The zero-order valence-corrected chi connectivity index (χ0v) is 54.4. The number of hydrogen-bond acceptors (Lipinski definition) is 21. The molecule has 0 bridgehead atoms. The second-order valence-corrected chi connectivity index (χ2v) is 25.8. The van der Waals surface area contributed by atoms with Crippen molar-refractivity contribution in [3.05, 3.63) is 92.8 Å². The van der Waals surface area contributed by atoms with Crippen molar-refractivity contribution in [1.82, 2.24) is 25.3 Å². The molecule has 1 saturated carbocycles. The lowest BCUT2D eigenvalue weighted by molar-refractivity contribution is -0.870. The molecule has 91 heavy (non-hydrogen) atoms. The first kappa shape index (κ1) is 73.2. The minimum absolute atomic E-state index is 0.00358. The fourth-order valence-corrected chi connectivity index (χ4v) is 11.6. The number of ether oxygens (including phenoxy) is 4. The van der Waals surface area contributed by atoms with E-state index < -0.39 is 77.3 Å². The summed E-state index contributed by atoms with van der Waals surface area (Å²) in [5.74, 6) is -3.05. The number of likely N-dealkylation sites (N-methyl/N-ethyl adjacent to an activating group) is 1. The van der Waals surface area contributed by atoms with E-state index in [-0.39, 0.29) is 86.9 Å². The number of quaternary nitrogens is 2. The number of fused-ring (bicyclic) bond motifs is 2. The molecule has 2 aromatic carbocycles. The van der Waals surface area contributed by atoms with Gasteiger partial charge in [-0.2, -0.15) is 0 Å². The average Bonchev–Trinajstić information content (AvgIpc) is 1.58. The lowest BCUT2D eigenvalue weighted by atomic mass is 9.88. The second-order valence-electron chi connectivity index (χ2n) is 24.3. The van der Waals surface area contributed by atoms with Gasteiger partial charge in [0.1, 0.15) is 30.5 Å². The molecule has 32 heteroatoms. The highest BCUT2D eigenvalue weighted by Gasteiger charge is 2.54. The normalized spacial score (nSPS) is 15.8. The molecule has 3 heterocycles. The molecular weight excluding hydrogens is 1240 g/mol. The number of rotatable bonds is 39. The number of unbranched alkanes of at least 4 members (excludes halogenated alkanes) is 1. The zero-order valence-electron chi connectivity index (χ0n) is 52.8. The molecule has 1 fully saturated rings. The van der Waals surface area contributed by atoms with Gasteiger partial charge in [-0.1, -0.05) is 40.4 Å². The summed E-state index contributed by atoms with van der Waals surface area (Å²) in [5, 5.41) is 45.7. The number of hydrogen-bond donors (Lipinski definition) is 5. The lowest BCUT2D eigenvalue weighted by Gasteiger charge is -2.32. The number of benzene rings is 2. The Hall–Kier alpha value is -6.85. The highest BCUT2D eigenvalue weighted by Crippen LogP contribution is 2.43. The van der Waals surface area contributed by atoms with Gasteiger partial charge in [0.2, 0.25) is 23.8 Å². The summed E-state index contributed by atoms with van der Waals surface area (Å²) in [5.41, 5.74) is 2.63. The van der Waals surface area contributed by atoms with Crippen LogP contribution in [-0.4, -0.2) is 212 Å². The Morgan fingerprint density at radius 3 is 2.20 bits per heavy atom. The van der Waals surface area contributed by atoms with Gasteiger partial charge in [0.15, 0.2) is 28.8 Å². The number of nitro benzene ring substituents is 1. The molecule has 3 unspecified atom stereocenters. The largest absolute Gasteiger partial charge is 0.737 e. The number of nitro groups is 1. The topological polar surface area (TPSA) is 307 Å². The van der Waals surface area contributed by atoms with Crippen LogP contribution in [0.5, 0.6) is 11.5 Å². The third kappa shape index (κ3) is 21.4. The number of aromatic nitrogens is 1. The van der Waals surface area contributed by atoms with Gasteiger partial charge in [-0.3, -0.25) is 34.1 Å². The van der Waals surface area contributed by atoms with E-state index in [1.54, 1.807) is 48.4 Å². The molecule has 5 N–H and O–H groups in total. The number of carbonyl (C=O) groups excluding carboxylic acids is 6. The second kappa shape index (κ2) is 34.2. The zero-order chi connectivity index (χ0) is 66.6. The molecule has 1 aromatic heterocycles. The van der Waals surface area contributed by atoms with Crippen LogP contribution in [0.3, 0.4) is 0 Å². The maximum Gasteiger partial charge on any atom is 0.737 e. The van der Waals surface area contributed by atoms with E-state index in [1.807, 2.05) is 33.3 Å². The summed E-state index contributed by atoms with van der Waals surface area (Å²) in [6.45, 7) is -1.06. The lowest BCUT2D eigenvalue weighted by Crippen LogP contribution is -2.55. The minimum atomic E-state index is -4.57. The Labute approximate surface area is 535 Å². The first-order valence-corrected chi connectivity index (χ1v) is 31.7. The van der Waals surface area contributed by atoms with E-state index >= 15 is 8.63 Å². The molecular formula is C59H84BF2N9O18S2+2. The van der Waals surface area contributed by atoms with Crippen molar-refractivity contribution < 1.29 is 104 Å². The van der Waals surface area contributed by atoms with Crippen LogP contribution in [0, 0.1) is 10.1 Å². The molecule has 0 saturated heterocycles. The number of carbonyl (C=O) groups is 6. The van der Waals surface area contributed by atoms with Crippen molar-refractivity contribution in [1.29, 1.82) is 0 Å². The first-order chi connectivity index (χ1) is 43.2. The third-order valence-electron chi connectivity index (χ3n) is 15.3.